The predicted molar refractivity (Wildman–Crippen MR) is 124 cm³/mol. The van der Waals surface area contributed by atoms with E-state index < -0.39 is 0 Å². The number of furan rings is 1. The Labute approximate surface area is 187 Å². The highest BCUT2D eigenvalue weighted by molar-refractivity contribution is 6.02. The van der Waals surface area contributed by atoms with Gasteiger partial charge in [-0.2, -0.15) is 5.10 Å². The topological polar surface area (TPSA) is 69.3 Å². The van der Waals surface area contributed by atoms with Crippen LogP contribution in [0.25, 0.3) is 0 Å². The molecule has 0 fully saturated rings. The molecule has 0 aliphatic carbocycles. The summed E-state index contributed by atoms with van der Waals surface area (Å²) >= 11 is 0. The molecule has 0 bridgehead atoms. The quantitative estimate of drug-likeness (QED) is 0.416. The average molecular weight is 430 g/mol. The van der Waals surface area contributed by atoms with Gasteiger partial charge in [-0.15, -0.1) is 0 Å². The minimum absolute atomic E-state index is 0.235. The minimum Gasteiger partial charge on any atom is -0.486 e. The molecule has 0 aliphatic heterocycles. The number of carbonyl (C=O) groups is 1. The maximum Gasteiger partial charge on any atom is 0.291 e. The first-order valence-electron chi connectivity index (χ1n) is 10.6. The molecule has 6 heteroatoms. The largest absolute Gasteiger partial charge is 0.486 e. The number of rotatable bonds is 7. The summed E-state index contributed by atoms with van der Waals surface area (Å²) in [6.07, 6.45) is 0. The van der Waals surface area contributed by atoms with Gasteiger partial charge in [0.1, 0.15) is 18.1 Å². The maximum atomic E-state index is 12.8. The van der Waals surface area contributed by atoms with Crippen LogP contribution in [0, 0.1) is 27.7 Å². The van der Waals surface area contributed by atoms with Crippen molar-refractivity contribution < 1.29 is 13.9 Å². The second-order valence-electron chi connectivity index (χ2n) is 7.96. The maximum absolute atomic E-state index is 12.8. The van der Waals surface area contributed by atoms with Crippen molar-refractivity contribution in [1.29, 1.82) is 0 Å². The van der Waals surface area contributed by atoms with Gasteiger partial charge in [0, 0.05) is 0 Å². The van der Waals surface area contributed by atoms with E-state index in [1.807, 2.05) is 61.9 Å². The highest BCUT2D eigenvalue weighted by Gasteiger charge is 2.18. The third-order valence-corrected chi connectivity index (χ3v) is 5.46. The lowest BCUT2D eigenvalue weighted by molar-refractivity contribution is 0.0992. The molecule has 6 nitrogen and oxygen atoms in total. The standard InChI is InChI=1S/C26H27N3O3/c1-17-8-7-11-22(14-17)31-16-23-12-13-24(32-23)26(30)27-25-19(3)28-29(20(25)4)15-21-10-6-5-9-18(21)2/h5-14H,15-16H2,1-4H3,(H,27,30). The van der Waals surface area contributed by atoms with Crippen molar-refractivity contribution in [2.45, 2.75) is 40.8 Å². The molecular weight excluding hydrogens is 402 g/mol. The summed E-state index contributed by atoms with van der Waals surface area (Å²) in [5.41, 5.74) is 5.89. The van der Waals surface area contributed by atoms with Crippen LogP contribution in [-0.4, -0.2) is 15.7 Å². The van der Waals surface area contributed by atoms with Crippen LogP contribution in [0.4, 0.5) is 5.69 Å². The van der Waals surface area contributed by atoms with Crippen molar-refractivity contribution >= 4 is 11.6 Å². The first-order valence-corrected chi connectivity index (χ1v) is 10.6. The van der Waals surface area contributed by atoms with Crippen LogP contribution >= 0.6 is 0 Å². The van der Waals surface area contributed by atoms with E-state index in [0.29, 0.717) is 18.0 Å². The number of hydrogen-bond acceptors (Lipinski definition) is 4. The van der Waals surface area contributed by atoms with Crippen LogP contribution in [0.3, 0.4) is 0 Å². The van der Waals surface area contributed by atoms with Gasteiger partial charge in [0.2, 0.25) is 0 Å². The molecule has 4 aromatic rings. The van der Waals surface area contributed by atoms with Crippen LogP contribution in [0.2, 0.25) is 0 Å². The number of ether oxygens (including phenoxy) is 1. The highest BCUT2D eigenvalue weighted by atomic mass is 16.5. The number of carbonyl (C=O) groups excluding carboxylic acids is 1. The Balaban J connectivity index is 1.43. The summed E-state index contributed by atoms with van der Waals surface area (Å²) in [6, 6.07) is 19.4. The fourth-order valence-electron chi connectivity index (χ4n) is 3.59. The SMILES string of the molecule is Cc1cccc(OCc2ccc(C(=O)Nc3c(C)nn(Cc4ccccc4C)c3C)o2)c1. The number of benzene rings is 2. The Hall–Kier alpha value is -3.80. The molecule has 0 atom stereocenters. The second-order valence-corrected chi connectivity index (χ2v) is 7.96. The lowest BCUT2D eigenvalue weighted by Gasteiger charge is -2.08. The summed E-state index contributed by atoms with van der Waals surface area (Å²) in [6.45, 7) is 8.84. The van der Waals surface area contributed by atoms with E-state index in [2.05, 4.69) is 29.5 Å². The highest BCUT2D eigenvalue weighted by Crippen LogP contribution is 2.23. The fourth-order valence-corrected chi connectivity index (χ4v) is 3.59. The van der Waals surface area contributed by atoms with Gasteiger partial charge in [-0.3, -0.25) is 9.48 Å². The van der Waals surface area contributed by atoms with Crippen molar-refractivity contribution in [3.8, 4) is 5.75 Å². The molecule has 32 heavy (non-hydrogen) atoms. The van der Waals surface area contributed by atoms with Gasteiger partial charge in [-0.05, 0) is 68.7 Å². The molecule has 0 saturated carbocycles. The average Bonchev–Trinajstić information content (AvgIpc) is 3.34. The molecule has 4 rings (SSSR count). The van der Waals surface area contributed by atoms with Crippen molar-refractivity contribution in [2.75, 3.05) is 5.32 Å². The third kappa shape index (κ3) is 4.75. The van der Waals surface area contributed by atoms with Crippen LogP contribution in [0.5, 0.6) is 5.75 Å². The summed E-state index contributed by atoms with van der Waals surface area (Å²) < 4.78 is 13.4. The van der Waals surface area contributed by atoms with Crippen LogP contribution in [0.1, 0.15) is 44.4 Å². The molecule has 1 N–H and O–H groups in total. The van der Waals surface area contributed by atoms with E-state index in [-0.39, 0.29) is 18.3 Å². The molecule has 0 radical (unpaired) electrons. The van der Waals surface area contributed by atoms with Crippen LogP contribution < -0.4 is 10.1 Å². The summed E-state index contributed by atoms with van der Waals surface area (Å²) in [4.78, 5) is 12.8. The van der Waals surface area contributed by atoms with Gasteiger partial charge in [-0.1, -0.05) is 36.4 Å². The Kier molecular flexibility index (Phi) is 6.12. The van der Waals surface area contributed by atoms with Crippen LogP contribution in [-0.2, 0) is 13.2 Å². The Morgan fingerprint density at radius 2 is 1.84 bits per heavy atom. The third-order valence-electron chi connectivity index (χ3n) is 5.46. The van der Waals surface area contributed by atoms with Gasteiger partial charge in [0.25, 0.3) is 5.91 Å². The summed E-state index contributed by atoms with van der Waals surface area (Å²) in [5.74, 6) is 1.27. The van der Waals surface area contributed by atoms with E-state index >= 15 is 0 Å². The van der Waals surface area contributed by atoms with E-state index in [9.17, 15) is 4.79 Å². The number of nitrogens with one attached hydrogen (secondary N) is 1. The van der Waals surface area contributed by atoms with Gasteiger partial charge in [0.05, 0.1) is 23.6 Å². The molecule has 0 unspecified atom stereocenters. The first kappa shape index (κ1) is 21.4. The molecule has 2 heterocycles. The lowest BCUT2D eigenvalue weighted by atomic mass is 10.1. The number of aryl methyl sites for hydroxylation is 3. The van der Waals surface area contributed by atoms with Gasteiger partial charge >= 0.3 is 0 Å². The molecule has 0 saturated heterocycles. The molecule has 0 spiro atoms. The molecule has 164 valence electrons. The predicted octanol–water partition coefficient (Wildman–Crippen LogP) is 5.59. The normalized spacial score (nSPS) is 10.9. The number of hydrogen-bond donors (Lipinski definition) is 1. The van der Waals surface area contributed by atoms with Crippen molar-refractivity contribution in [1.82, 2.24) is 9.78 Å². The zero-order chi connectivity index (χ0) is 22.7. The number of nitrogens with zero attached hydrogens (tertiary/aromatic N) is 2. The first-order chi connectivity index (χ1) is 15.4. The molecule has 0 aliphatic rings. The number of amides is 1. The molecular formula is C26H27N3O3. The fraction of sp³-hybridized carbons (Fsp3) is 0.231. The van der Waals surface area contributed by atoms with Crippen molar-refractivity contribution in [3.63, 3.8) is 0 Å². The van der Waals surface area contributed by atoms with E-state index in [0.717, 1.165) is 22.7 Å². The van der Waals surface area contributed by atoms with Gasteiger partial charge in [0.15, 0.2) is 5.76 Å². The van der Waals surface area contributed by atoms with Crippen molar-refractivity contribution in [3.05, 3.63) is 100 Å². The van der Waals surface area contributed by atoms with E-state index in [1.165, 1.54) is 11.1 Å². The monoisotopic (exact) mass is 429 g/mol. The Morgan fingerprint density at radius 1 is 1.03 bits per heavy atom. The van der Waals surface area contributed by atoms with E-state index in [1.54, 1.807) is 12.1 Å². The summed E-state index contributed by atoms with van der Waals surface area (Å²) in [5, 5.41) is 7.57. The zero-order valence-electron chi connectivity index (χ0n) is 18.8. The van der Waals surface area contributed by atoms with Gasteiger partial charge in [-0.25, -0.2) is 0 Å². The summed E-state index contributed by atoms with van der Waals surface area (Å²) in [7, 11) is 0. The zero-order valence-corrected chi connectivity index (χ0v) is 18.8. The smallest absolute Gasteiger partial charge is 0.291 e. The Bertz CT molecular complexity index is 1250. The molecule has 1 amide bonds. The Morgan fingerprint density at radius 3 is 2.62 bits per heavy atom. The number of aromatic nitrogens is 2. The molecule has 2 aromatic heterocycles. The lowest BCUT2D eigenvalue weighted by Crippen LogP contribution is -2.12. The van der Waals surface area contributed by atoms with Crippen LogP contribution in [0.15, 0.2) is 65.1 Å². The second kappa shape index (κ2) is 9.14. The molecule has 2 aromatic carbocycles. The van der Waals surface area contributed by atoms with Gasteiger partial charge < -0.3 is 14.5 Å². The van der Waals surface area contributed by atoms with Crippen molar-refractivity contribution in [2.24, 2.45) is 0 Å². The van der Waals surface area contributed by atoms with E-state index in [4.69, 9.17) is 9.15 Å². The number of anilines is 1. The minimum atomic E-state index is -0.312.